The highest BCUT2D eigenvalue weighted by molar-refractivity contribution is 5.36. The molecule has 1 aliphatic heterocycles. The first-order valence-electron chi connectivity index (χ1n) is 8.25. The summed E-state index contributed by atoms with van der Waals surface area (Å²) in [7, 11) is 1.98. The zero-order valence-corrected chi connectivity index (χ0v) is 14.0. The Morgan fingerprint density at radius 3 is 2.64 bits per heavy atom. The molecule has 1 aliphatic rings. The fraction of sp³-hybridized carbons (Fsp3) is 0.562. The average Bonchev–Trinajstić information content (AvgIpc) is 2.99. The molecule has 3 rings (SSSR count). The van der Waals surface area contributed by atoms with Crippen molar-refractivity contribution in [1.29, 1.82) is 0 Å². The van der Waals surface area contributed by atoms with Gasteiger partial charge in [0.25, 0.3) is 0 Å². The van der Waals surface area contributed by atoms with Crippen LogP contribution in [-0.4, -0.2) is 50.1 Å². The van der Waals surface area contributed by atoms with E-state index in [1.165, 1.54) is 5.69 Å². The molecule has 0 atom stereocenters. The first kappa shape index (κ1) is 17.7. The first-order chi connectivity index (χ1) is 11.9. The number of rotatable bonds is 5. The Morgan fingerprint density at radius 2 is 2.00 bits per heavy atom. The molecule has 0 bridgehead atoms. The summed E-state index contributed by atoms with van der Waals surface area (Å²) < 4.78 is 40.1. The number of imidazole rings is 1. The lowest BCUT2D eigenvalue weighted by atomic mass is 10.0. The molecule has 0 saturated carbocycles. The Kier molecular flexibility index (Phi) is 5.22. The second-order valence-corrected chi connectivity index (χ2v) is 6.29. The van der Waals surface area contributed by atoms with Crippen molar-refractivity contribution in [1.82, 2.24) is 24.4 Å². The predicted octanol–water partition coefficient (Wildman–Crippen LogP) is 2.35. The zero-order chi connectivity index (χ0) is 17.9. The minimum absolute atomic E-state index is 0.129. The van der Waals surface area contributed by atoms with Gasteiger partial charge in [0.1, 0.15) is 17.8 Å². The number of aromatic nitrogens is 4. The molecule has 2 aromatic heterocycles. The van der Waals surface area contributed by atoms with E-state index in [2.05, 4.69) is 25.2 Å². The minimum Gasteiger partial charge on any atom is -0.367 e. The minimum atomic E-state index is -4.45. The van der Waals surface area contributed by atoms with Gasteiger partial charge in [-0.15, -0.1) is 0 Å². The third-order valence-corrected chi connectivity index (χ3v) is 4.50. The van der Waals surface area contributed by atoms with Crippen molar-refractivity contribution in [3.05, 3.63) is 36.3 Å². The van der Waals surface area contributed by atoms with Crippen molar-refractivity contribution < 1.29 is 13.2 Å². The molecule has 3 heterocycles. The molecular formula is C16H21F3N6. The largest absolute Gasteiger partial charge is 0.433 e. The third kappa shape index (κ3) is 4.68. The van der Waals surface area contributed by atoms with Crippen molar-refractivity contribution in [3.8, 4) is 0 Å². The van der Waals surface area contributed by atoms with Gasteiger partial charge in [-0.1, -0.05) is 0 Å². The highest BCUT2D eigenvalue weighted by Crippen LogP contribution is 2.28. The van der Waals surface area contributed by atoms with Gasteiger partial charge >= 0.3 is 6.18 Å². The van der Waals surface area contributed by atoms with Gasteiger partial charge in [0.05, 0.1) is 6.33 Å². The number of halogens is 3. The van der Waals surface area contributed by atoms with Crippen LogP contribution in [0.1, 0.15) is 24.2 Å². The molecule has 9 heteroatoms. The van der Waals surface area contributed by atoms with Gasteiger partial charge in [-0.3, -0.25) is 0 Å². The van der Waals surface area contributed by atoms with Crippen molar-refractivity contribution >= 4 is 5.82 Å². The van der Waals surface area contributed by atoms with Crippen LogP contribution in [0.3, 0.4) is 0 Å². The summed E-state index contributed by atoms with van der Waals surface area (Å²) in [6.45, 7) is 2.78. The molecule has 0 spiro atoms. The lowest BCUT2D eigenvalue weighted by molar-refractivity contribution is -0.141. The van der Waals surface area contributed by atoms with E-state index in [-0.39, 0.29) is 11.9 Å². The predicted molar refractivity (Wildman–Crippen MR) is 87.0 cm³/mol. The molecule has 136 valence electrons. The van der Waals surface area contributed by atoms with E-state index in [1.807, 2.05) is 17.8 Å². The highest BCUT2D eigenvalue weighted by Gasteiger charge is 2.33. The number of alkyl halides is 3. The van der Waals surface area contributed by atoms with Crippen LogP contribution in [0.5, 0.6) is 0 Å². The standard InChI is InChI=1S/C16H21F3N6/c1-24-11-20-9-13(24)4-7-25-5-2-12(3-6-25)23-15-8-14(16(17,18)19)21-10-22-15/h8-12H,2-7H2,1H3,(H,21,22,23). The number of hydrogen-bond donors (Lipinski definition) is 1. The number of piperidine rings is 1. The SMILES string of the molecule is Cn1cncc1CCN1CCC(Nc2cc(C(F)(F)F)ncn2)CC1. The van der Waals surface area contributed by atoms with Crippen molar-refractivity contribution in [3.63, 3.8) is 0 Å². The van der Waals surface area contributed by atoms with Gasteiger partial charge in [0, 0.05) is 57.1 Å². The summed E-state index contributed by atoms with van der Waals surface area (Å²) in [5.41, 5.74) is 0.277. The number of aryl methyl sites for hydroxylation is 1. The average molecular weight is 354 g/mol. The Labute approximate surface area is 144 Å². The van der Waals surface area contributed by atoms with Crippen molar-refractivity contribution in [2.45, 2.75) is 31.5 Å². The second kappa shape index (κ2) is 7.38. The van der Waals surface area contributed by atoms with Gasteiger partial charge in [0.15, 0.2) is 0 Å². The van der Waals surface area contributed by atoms with E-state index in [9.17, 15) is 13.2 Å². The second-order valence-electron chi connectivity index (χ2n) is 6.29. The summed E-state index contributed by atoms with van der Waals surface area (Å²) in [5, 5.41) is 3.10. The summed E-state index contributed by atoms with van der Waals surface area (Å²) in [4.78, 5) is 13.7. The molecule has 1 saturated heterocycles. The smallest absolute Gasteiger partial charge is 0.367 e. The van der Waals surface area contributed by atoms with Crippen molar-refractivity contribution in [2.75, 3.05) is 25.0 Å². The Morgan fingerprint density at radius 1 is 1.24 bits per heavy atom. The lowest BCUT2D eigenvalue weighted by Gasteiger charge is -2.32. The van der Waals surface area contributed by atoms with E-state index in [0.29, 0.717) is 0 Å². The molecule has 0 aromatic carbocycles. The fourth-order valence-electron chi connectivity index (χ4n) is 3.00. The van der Waals surface area contributed by atoms with E-state index in [4.69, 9.17) is 0 Å². The number of nitrogens with zero attached hydrogens (tertiary/aromatic N) is 5. The molecule has 1 N–H and O–H groups in total. The van der Waals surface area contributed by atoms with E-state index < -0.39 is 11.9 Å². The summed E-state index contributed by atoms with van der Waals surface area (Å²) >= 11 is 0. The topological polar surface area (TPSA) is 58.9 Å². The third-order valence-electron chi connectivity index (χ3n) is 4.50. The Hall–Kier alpha value is -2.16. The van der Waals surface area contributed by atoms with Crippen LogP contribution < -0.4 is 5.32 Å². The van der Waals surface area contributed by atoms with Gasteiger partial charge in [0.2, 0.25) is 0 Å². The van der Waals surface area contributed by atoms with Gasteiger partial charge in [-0.2, -0.15) is 13.2 Å². The quantitative estimate of drug-likeness (QED) is 0.893. The first-order valence-corrected chi connectivity index (χ1v) is 8.25. The Bertz CT molecular complexity index is 691. The number of nitrogens with one attached hydrogen (secondary N) is 1. The normalized spacial score (nSPS) is 17.0. The summed E-state index contributed by atoms with van der Waals surface area (Å²) in [6, 6.07) is 1.10. The molecule has 6 nitrogen and oxygen atoms in total. The van der Waals surface area contributed by atoms with E-state index in [1.54, 1.807) is 6.33 Å². The maximum atomic E-state index is 12.7. The summed E-state index contributed by atoms with van der Waals surface area (Å²) in [5.74, 6) is 0.232. The summed E-state index contributed by atoms with van der Waals surface area (Å²) in [6.07, 6.45) is 2.86. The van der Waals surface area contributed by atoms with Crippen LogP contribution in [0, 0.1) is 0 Å². The molecule has 25 heavy (non-hydrogen) atoms. The van der Waals surface area contributed by atoms with Crippen LogP contribution in [-0.2, 0) is 19.6 Å². The maximum absolute atomic E-state index is 12.7. The van der Waals surface area contributed by atoms with Crippen LogP contribution in [0.25, 0.3) is 0 Å². The van der Waals surface area contributed by atoms with Crippen LogP contribution >= 0.6 is 0 Å². The maximum Gasteiger partial charge on any atom is 0.433 e. The molecule has 0 unspecified atom stereocenters. The monoisotopic (exact) mass is 354 g/mol. The van der Waals surface area contributed by atoms with Gasteiger partial charge in [-0.05, 0) is 12.8 Å². The molecular weight excluding hydrogens is 333 g/mol. The molecule has 1 fully saturated rings. The number of hydrogen-bond acceptors (Lipinski definition) is 5. The van der Waals surface area contributed by atoms with E-state index in [0.717, 1.165) is 51.3 Å². The van der Waals surface area contributed by atoms with Gasteiger partial charge < -0.3 is 14.8 Å². The van der Waals surface area contributed by atoms with E-state index >= 15 is 0 Å². The molecule has 0 radical (unpaired) electrons. The van der Waals surface area contributed by atoms with Crippen LogP contribution in [0.4, 0.5) is 19.0 Å². The molecule has 2 aromatic rings. The number of likely N-dealkylation sites (tertiary alicyclic amines) is 1. The van der Waals surface area contributed by atoms with Crippen LogP contribution in [0.15, 0.2) is 24.9 Å². The molecule has 0 aliphatic carbocycles. The number of anilines is 1. The molecule has 0 amide bonds. The Balaban J connectivity index is 1.47. The van der Waals surface area contributed by atoms with Gasteiger partial charge in [-0.25, -0.2) is 15.0 Å². The van der Waals surface area contributed by atoms with Crippen molar-refractivity contribution in [2.24, 2.45) is 7.05 Å². The zero-order valence-electron chi connectivity index (χ0n) is 14.0. The lowest BCUT2D eigenvalue weighted by Crippen LogP contribution is -2.40. The fourth-order valence-corrected chi connectivity index (χ4v) is 3.00. The van der Waals surface area contributed by atoms with Crippen LogP contribution in [0.2, 0.25) is 0 Å². The highest BCUT2D eigenvalue weighted by atomic mass is 19.4.